The fraction of sp³-hybridized carbons (Fsp3) is 0. The molecule has 0 aliphatic carbocycles. The van der Waals surface area contributed by atoms with Crippen molar-refractivity contribution >= 4 is 32.3 Å². The van der Waals surface area contributed by atoms with Gasteiger partial charge in [-0.1, -0.05) is 0 Å². The molecule has 4 aromatic carbocycles. The van der Waals surface area contributed by atoms with Gasteiger partial charge in [0.1, 0.15) is 0 Å². The van der Waals surface area contributed by atoms with Gasteiger partial charge in [-0.15, -0.1) is 0 Å². The fourth-order valence-corrected chi connectivity index (χ4v) is 3.26. The maximum Gasteiger partial charge on any atom is 0.198 e. The van der Waals surface area contributed by atoms with E-state index < -0.39 is 96.3 Å². The highest BCUT2D eigenvalue weighted by molar-refractivity contribution is 6.26. The molecule has 150 valence electrons. The number of halogens is 11. The van der Waals surface area contributed by atoms with Crippen LogP contribution in [0.3, 0.4) is 0 Å². The maximum atomic E-state index is 14.4. The standard InChI is InChI=1S/C18HF11/c19-3-1-2-4(10(21)9(3)20)6-8(14(25)18(29)17(28)12(6)23)7-5(2)11(22)15(26)16(27)13(7)24/h1H. The lowest BCUT2D eigenvalue weighted by atomic mass is 9.92. The highest BCUT2D eigenvalue weighted by Crippen LogP contribution is 2.44. The lowest BCUT2D eigenvalue weighted by Gasteiger charge is -2.16. The normalized spacial score (nSPS) is 12.0. The van der Waals surface area contributed by atoms with Crippen LogP contribution in [0.2, 0.25) is 0 Å². The molecular weight excluding hydrogens is 425 g/mol. The molecule has 0 fully saturated rings. The molecule has 4 aromatic rings. The predicted molar refractivity (Wildman–Crippen MR) is 78.5 cm³/mol. The first kappa shape index (κ1) is 19.2. The van der Waals surface area contributed by atoms with Crippen molar-refractivity contribution in [3.63, 3.8) is 0 Å². The van der Waals surface area contributed by atoms with Gasteiger partial charge < -0.3 is 0 Å². The van der Waals surface area contributed by atoms with Crippen molar-refractivity contribution in [1.29, 1.82) is 0 Å². The third kappa shape index (κ3) is 2.21. The summed E-state index contributed by atoms with van der Waals surface area (Å²) in [5.74, 6) is -26.3. The van der Waals surface area contributed by atoms with Crippen LogP contribution in [0, 0.1) is 64.0 Å². The molecule has 0 aliphatic heterocycles. The first-order chi connectivity index (χ1) is 13.5. The van der Waals surface area contributed by atoms with E-state index in [0.717, 1.165) is 0 Å². The van der Waals surface area contributed by atoms with Crippen LogP contribution >= 0.6 is 0 Å². The number of benzene rings is 4. The Labute approximate surface area is 151 Å². The van der Waals surface area contributed by atoms with Crippen molar-refractivity contribution in [2.45, 2.75) is 0 Å². The molecule has 0 N–H and O–H groups in total. The van der Waals surface area contributed by atoms with Gasteiger partial charge in [-0.05, 0) is 11.5 Å². The molecule has 29 heavy (non-hydrogen) atoms. The van der Waals surface area contributed by atoms with Crippen molar-refractivity contribution < 1.29 is 48.3 Å². The van der Waals surface area contributed by atoms with Crippen molar-refractivity contribution in [3.8, 4) is 0 Å². The Bertz CT molecular complexity index is 1350. The summed E-state index contributed by atoms with van der Waals surface area (Å²) in [7, 11) is 0. The lowest BCUT2D eigenvalue weighted by Crippen LogP contribution is -2.06. The average Bonchev–Trinajstić information content (AvgIpc) is 2.69. The minimum absolute atomic E-state index is 0.0337. The van der Waals surface area contributed by atoms with E-state index in [1.54, 1.807) is 0 Å². The Balaban J connectivity index is 2.62. The lowest BCUT2D eigenvalue weighted by molar-refractivity contribution is 0.415. The van der Waals surface area contributed by atoms with Crippen LogP contribution in [0.4, 0.5) is 48.3 Å². The second-order valence-electron chi connectivity index (χ2n) is 5.92. The third-order valence-electron chi connectivity index (χ3n) is 4.47. The summed E-state index contributed by atoms with van der Waals surface area (Å²) < 4.78 is 154. The minimum Gasteiger partial charge on any atom is -0.204 e. The van der Waals surface area contributed by atoms with Gasteiger partial charge >= 0.3 is 0 Å². The van der Waals surface area contributed by atoms with E-state index in [9.17, 15) is 48.3 Å². The second-order valence-corrected chi connectivity index (χ2v) is 5.92. The highest BCUT2D eigenvalue weighted by Gasteiger charge is 2.32. The highest BCUT2D eigenvalue weighted by atomic mass is 19.2. The number of hydrogen-bond acceptors (Lipinski definition) is 0. The summed E-state index contributed by atoms with van der Waals surface area (Å²) in [4.78, 5) is 0. The smallest absolute Gasteiger partial charge is 0.198 e. The number of rotatable bonds is 0. The molecule has 4 rings (SSSR count). The number of fused-ring (bicyclic) bond motifs is 6. The van der Waals surface area contributed by atoms with Crippen LogP contribution < -0.4 is 0 Å². The summed E-state index contributed by atoms with van der Waals surface area (Å²) in [5.41, 5.74) is 0. The summed E-state index contributed by atoms with van der Waals surface area (Å²) in [6, 6.07) is -0.0337. The Morgan fingerprint density at radius 1 is 0.310 bits per heavy atom. The SMILES string of the molecule is Fc1cc2c(c(F)c1F)c1c(F)c(F)c(F)c(F)c1c1c(F)c(F)c(F)c(F)c21. The molecule has 0 bridgehead atoms. The quantitative estimate of drug-likeness (QED) is 0.127. The molecule has 0 saturated heterocycles. The van der Waals surface area contributed by atoms with E-state index in [0.29, 0.717) is 0 Å². The monoisotopic (exact) mass is 426 g/mol. The van der Waals surface area contributed by atoms with Gasteiger partial charge in [-0.2, -0.15) is 0 Å². The van der Waals surface area contributed by atoms with Gasteiger partial charge in [0.15, 0.2) is 64.0 Å². The molecule has 0 heterocycles. The number of hydrogen-bond donors (Lipinski definition) is 0. The molecule has 0 nitrogen and oxygen atoms in total. The van der Waals surface area contributed by atoms with Crippen LogP contribution in [0.25, 0.3) is 32.3 Å². The maximum absolute atomic E-state index is 14.4. The van der Waals surface area contributed by atoms with Crippen molar-refractivity contribution in [2.75, 3.05) is 0 Å². The van der Waals surface area contributed by atoms with E-state index in [1.807, 2.05) is 0 Å². The van der Waals surface area contributed by atoms with E-state index in [4.69, 9.17) is 0 Å². The largest absolute Gasteiger partial charge is 0.204 e. The Morgan fingerprint density at radius 3 is 0.966 bits per heavy atom. The topological polar surface area (TPSA) is 0 Å². The van der Waals surface area contributed by atoms with Crippen LogP contribution in [0.5, 0.6) is 0 Å². The van der Waals surface area contributed by atoms with Crippen molar-refractivity contribution in [2.24, 2.45) is 0 Å². The molecule has 11 heteroatoms. The van der Waals surface area contributed by atoms with E-state index in [2.05, 4.69) is 0 Å². The summed E-state index contributed by atoms with van der Waals surface area (Å²) >= 11 is 0. The fourth-order valence-electron chi connectivity index (χ4n) is 3.26. The van der Waals surface area contributed by atoms with E-state index >= 15 is 0 Å². The zero-order valence-electron chi connectivity index (χ0n) is 13.2. The molecule has 0 radical (unpaired) electrons. The van der Waals surface area contributed by atoms with E-state index in [-0.39, 0.29) is 6.07 Å². The van der Waals surface area contributed by atoms with Gasteiger partial charge in [0, 0.05) is 26.9 Å². The van der Waals surface area contributed by atoms with Crippen LogP contribution in [0.1, 0.15) is 0 Å². The van der Waals surface area contributed by atoms with Gasteiger partial charge in [0.05, 0.1) is 0 Å². The third-order valence-corrected chi connectivity index (χ3v) is 4.47. The molecule has 0 saturated carbocycles. The first-order valence-corrected chi connectivity index (χ1v) is 7.41. The summed E-state index contributed by atoms with van der Waals surface area (Å²) in [6.07, 6.45) is 0. The zero-order valence-corrected chi connectivity index (χ0v) is 13.2. The molecule has 0 amide bonds. The van der Waals surface area contributed by atoms with Gasteiger partial charge in [0.2, 0.25) is 0 Å². The molecule has 0 aliphatic rings. The van der Waals surface area contributed by atoms with Crippen LogP contribution in [-0.4, -0.2) is 0 Å². The van der Waals surface area contributed by atoms with Crippen molar-refractivity contribution in [3.05, 3.63) is 70.1 Å². The predicted octanol–water partition coefficient (Wildman–Crippen LogP) is 6.68. The molecule has 0 atom stereocenters. The van der Waals surface area contributed by atoms with Gasteiger partial charge in [-0.3, -0.25) is 0 Å². The van der Waals surface area contributed by atoms with Gasteiger partial charge in [0.25, 0.3) is 0 Å². The Kier molecular flexibility index (Phi) is 3.94. The average molecular weight is 426 g/mol. The van der Waals surface area contributed by atoms with E-state index in [1.165, 1.54) is 0 Å². The second kappa shape index (κ2) is 5.94. The molecule has 0 unspecified atom stereocenters. The molecule has 0 aromatic heterocycles. The van der Waals surface area contributed by atoms with Gasteiger partial charge in [-0.25, -0.2) is 48.3 Å². The Hall–Kier alpha value is -3.11. The minimum atomic E-state index is -2.57. The summed E-state index contributed by atoms with van der Waals surface area (Å²) in [6.45, 7) is 0. The van der Waals surface area contributed by atoms with Crippen LogP contribution in [-0.2, 0) is 0 Å². The Morgan fingerprint density at radius 2 is 0.586 bits per heavy atom. The molecule has 0 spiro atoms. The van der Waals surface area contributed by atoms with Crippen molar-refractivity contribution in [1.82, 2.24) is 0 Å². The zero-order chi connectivity index (χ0) is 21.5. The first-order valence-electron chi connectivity index (χ1n) is 7.41. The van der Waals surface area contributed by atoms with Crippen LogP contribution in [0.15, 0.2) is 6.07 Å². The summed E-state index contributed by atoms with van der Waals surface area (Å²) in [5, 5.41) is -9.40. The molecular formula is C18HF11.